The van der Waals surface area contributed by atoms with Gasteiger partial charge in [0, 0.05) is 13.1 Å². The van der Waals surface area contributed by atoms with Gasteiger partial charge < -0.3 is 20.5 Å². The Morgan fingerprint density at radius 3 is 2.65 bits per heavy atom. The molecule has 2 aliphatic heterocycles. The predicted octanol–water partition coefficient (Wildman–Crippen LogP) is 3.27. The second-order valence-corrected chi connectivity index (χ2v) is 7.83. The van der Waals surface area contributed by atoms with E-state index in [-0.39, 0.29) is 11.8 Å². The number of para-hydroxylation sites is 2. The average molecular weight is 366 g/mol. The first-order valence-electron chi connectivity index (χ1n) is 8.69. The Labute approximate surface area is 154 Å². The fraction of sp³-hybridized carbons (Fsp3) is 0.263. The van der Waals surface area contributed by atoms with Crippen molar-refractivity contribution >= 4 is 44.7 Å². The number of aromatic amines is 1. The first-order chi connectivity index (χ1) is 12.6. The molecule has 6 nitrogen and oxygen atoms in total. The van der Waals surface area contributed by atoms with E-state index in [0.717, 1.165) is 21.6 Å². The van der Waals surface area contributed by atoms with E-state index in [0.29, 0.717) is 31.6 Å². The van der Waals surface area contributed by atoms with Gasteiger partial charge in [-0.05, 0) is 42.5 Å². The molecule has 3 aromatic rings. The lowest BCUT2D eigenvalue weighted by Gasteiger charge is -2.44. The number of anilines is 2. The van der Waals surface area contributed by atoms with Crippen molar-refractivity contribution in [1.29, 1.82) is 0 Å². The summed E-state index contributed by atoms with van der Waals surface area (Å²) in [5, 5.41) is 8.43. The number of aromatic nitrogens is 1. The number of piperidine rings is 1. The summed E-state index contributed by atoms with van der Waals surface area (Å²) in [5.74, 6) is -0.0106. The van der Waals surface area contributed by atoms with E-state index in [1.54, 1.807) is 11.3 Å². The third kappa shape index (κ3) is 2.31. The van der Waals surface area contributed by atoms with Crippen molar-refractivity contribution in [3.63, 3.8) is 0 Å². The minimum absolute atomic E-state index is 0.000122. The molecule has 0 bridgehead atoms. The second kappa shape index (κ2) is 5.60. The number of hydrogen-bond acceptors (Lipinski definition) is 4. The van der Waals surface area contributed by atoms with Crippen molar-refractivity contribution < 1.29 is 9.59 Å². The fourth-order valence-electron chi connectivity index (χ4n) is 3.84. The van der Waals surface area contributed by atoms with E-state index in [1.165, 1.54) is 0 Å². The zero-order valence-electron chi connectivity index (χ0n) is 14.0. The average Bonchev–Trinajstić information content (AvgIpc) is 3.25. The Bertz CT molecular complexity index is 985. The van der Waals surface area contributed by atoms with Gasteiger partial charge in [-0.3, -0.25) is 9.59 Å². The van der Waals surface area contributed by atoms with Crippen LogP contribution in [-0.2, 0) is 4.79 Å². The van der Waals surface area contributed by atoms with Crippen LogP contribution < -0.4 is 10.6 Å². The van der Waals surface area contributed by atoms with Gasteiger partial charge in [-0.1, -0.05) is 12.1 Å². The SMILES string of the molecule is O=C(c1cc2sccc2[nH]1)N1CCC2(CC1)Nc1ccccc1NC2=O. The van der Waals surface area contributed by atoms with Crippen LogP contribution >= 0.6 is 11.3 Å². The van der Waals surface area contributed by atoms with Gasteiger partial charge in [0.1, 0.15) is 11.2 Å². The number of nitrogens with zero attached hydrogens (tertiary/aromatic N) is 1. The third-order valence-electron chi connectivity index (χ3n) is 5.36. The normalized spacial score (nSPS) is 18.5. The molecule has 0 radical (unpaired) electrons. The summed E-state index contributed by atoms with van der Waals surface area (Å²) in [7, 11) is 0. The number of carbonyl (C=O) groups excluding carboxylic acids is 2. The highest BCUT2D eigenvalue weighted by Crippen LogP contribution is 2.36. The zero-order chi connectivity index (χ0) is 17.7. The molecule has 1 fully saturated rings. The second-order valence-electron chi connectivity index (χ2n) is 6.88. The molecule has 26 heavy (non-hydrogen) atoms. The Hall–Kier alpha value is -2.80. The summed E-state index contributed by atoms with van der Waals surface area (Å²) in [6.07, 6.45) is 1.18. The first kappa shape index (κ1) is 15.5. The molecule has 1 saturated heterocycles. The molecule has 2 aliphatic rings. The maximum Gasteiger partial charge on any atom is 0.270 e. The van der Waals surface area contributed by atoms with Gasteiger partial charge in [0.15, 0.2) is 0 Å². The van der Waals surface area contributed by atoms with Gasteiger partial charge in [0.05, 0.1) is 21.6 Å². The maximum absolute atomic E-state index is 12.8. The van der Waals surface area contributed by atoms with Crippen molar-refractivity contribution in [2.45, 2.75) is 18.4 Å². The Morgan fingerprint density at radius 2 is 1.88 bits per heavy atom. The van der Waals surface area contributed by atoms with Crippen LogP contribution in [0.2, 0.25) is 0 Å². The standard InChI is InChI=1S/C19H18N4O2S/c24-17(15-11-16-14(20-15)5-10-26-16)23-8-6-19(7-9-23)18(25)21-12-3-1-2-4-13(12)22-19/h1-5,10-11,20,22H,6-9H2,(H,21,25). The van der Waals surface area contributed by atoms with Crippen molar-refractivity contribution in [3.05, 3.63) is 47.5 Å². The number of H-pyrrole nitrogens is 1. The van der Waals surface area contributed by atoms with Crippen LogP contribution in [0.5, 0.6) is 0 Å². The van der Waals surface area contributed by atoms with Gasteiger partial charge in [-0.2, -0.15) is 0 Å². The van der Waals surface area contributed by atoms with Crippen molar-refractivity contribution in [2.24, 2.45) is 0 Å². The van der Waals surface area contributed by atoms with Crippen LogP contribution in [0.4, 0.5) is 11.4 Å². The summed E-state index contributed by atoms with van der Waals surface area (Å²) in [4.78, 5) is 30.5. The molecular weight excluding hydrogens is 348 g/mol. The molecule has 1 spiro atoms. The molecular formula is C19H18N4O2S. The molecule has 0 saturated carbocycles. The van der Waals surface area contributed by atoms with Crippen LogP contribution in [0.3, 0.4) is 0 Å². The van der Waals surface area contributed by atoms with E-state index < -0.39 is 5.54 Å². The third-order valence-corrected chi connectivity index (χ3v) is 6.22. The number of benzene rings is 1. The summed E-state index contributed by atoms with van der Waals surface area (Å²) < 4.78 is 1.09. The predicted molar refractivity (Wildman–Crippen MR) is 103 cm³/mol. The number of carbonyl (C=O) groups is 2. The minimum atomic E-state index is -0.638. The smallest absolute Gasteiger partial charge is 0.270 e. The molecule has 0 unspecified atom stereocenters. The zero-order valence-corrected chi connectivity index (χ0v) is 14.9. The van der Waals surface area contributed by atoms with Gasteiger partial charge in [0.2, 0.25) is 5.91 Å². The molecule has 7 heteroatoms. The summed E-state index contributed by atoms with van der Waals surface area (Å²) in [5.41, 5.74) is 2.73. The lowest BCUT2D eigenvalue weighted by Crippen LogP contribution is -2.59. The Morgan fingerprint density at radius 1 is 1.12 bits per heavy atom. The highest BCUT2D eigenvalue weighted by atomic mass is 32.1. The number of rotatable bonds is 1. The van der Waals surface area contributed by atoms with Crippen LogP contribution in [-0.4, -0.2) is 40.3 Å². The van der Waals surface area contributed by atoms with Crippen molar-refractivity contribution in [1.82, 2.24) is 9.88 Å². The highest BCUT2D eigenvalue weighted by Gasteiger charge is 2.45. The van der Waals surface area contributed by atoms with Gasteiger partial charge >= 0.3 is 0 Å². The van der Waals surface area contributed by atoms with E-state index in [9.17, 15) is 9.59 Å². The van der Waals surface area contributed by atoms with Crippen LogP contribution in [0.1, 0.15) is 23.3 Å². The van der Waals surface area contributed by atoms with Gasteiger partial charge in [0.25, 0.3) is 5.91 Å². The van der Waals surface area contributed by atoms with Crippen LogP contribution in [0.15, 0.2) is 41.8 Å². The molecule has 2 aromatic heterocycles. The molecule has 0 atom stereocenters. The maximum atomic E-state index is 12.8. The van der Waals surface area contributed by atoms with E-state index in [4.69, 9.17) is 0 Å². The number of likely N-dealkylation sites (tertiary alicyclic amines) is 1. The first-order valence-corrected chi connectivity index (χ1v) is 9.57. The molecule has 4 heterocycles. The number of nitrogens with one attached hydrogen (secondary N) is 3. The van der Waals surface area contributed by atoms with Crippen molar-refractivity contribution in [2.75, 3.05) is 23.7 Å². The minimum Gasteiger partial charge on any atom is -0.369 e. The highest BCUT2D eigenvalue weighted by molar-refractivity contribution is 7.17. The fourth-order valence-corrected chi connectivity index (χ4v) is 4.62. The Kier molecular flexibility index (Phi) is 3.33. The number of amides is 2. The molecule has 2 amide bonds. The summed E-state index contributed by atoms with van der Waals surface area (Å²) in [6, 6.07) is 11.6. The molecule has 132 valence electrons. The summed E-state index contributed by atoms with van der Waals surface area (Å²) >= 11 is 1.62. The quantitative estimate of drug-likeness (QED) is 0.619. The topological polar surface area (TPSA) is 77.2 Å². The Balaban J connectivity index is 1.33. The number of fused-ring (bicyclic) bond motifs is 2. The van der Waals surface area contributed by atoms with Crippen LogP contribution in [0.25, 0.3) is 10.2 Å². The summed E-state index contributed by atoms with van der Waals surface area (Å²) in [6.45, 7) is 1.10. The lowest BCUT2D eigenvalue weighted by atomic mass is 9.84. The number of thiophene rings is 1. The van der Waals surface area contributed by atoms with Crippen LogP contribution in [0, 0.1) is 0 Å². The monoisotopic (exact) mass is 366 g/mol. The van der Waals surface area contributed by atoms with Gasteiger partial charge in [-0.15, -0.1) is 11.3 Å². The molecule has 3 N–H and O–H groups in total. The van der Waals surface area contributed by atoms with Crippen molar-refractivity contribution in [3.8, 4) is 0 Å². The number of hydrogen-bond donors (Lipinski definition) is 3. The van der Waals surface area contributed by atoms with E-state index >= 15 is 0 Å². The molecule has 0 aliphatic carbocycles. The molecule has 1 aromatic carbocycles. The lowest BCUT2D eigenvalue weighted by molar-refractivity contribution is -0.122. The largest absolute Gasteiger partial charge is 0.369 e. The van der Waals surface area contributed by atoms with E-state index in [2.05, 4.69) is 15.6 Å². The van der Waals surface area contributed by atoms with E-state index in [1.807, 2.05) is 46.7 Å². The molecule has 5 rings (SSSR count). The van der Waals surface area contributed by atoms with Gasteiger partial charge in [-0.25, -0.2) is 0 Å².